The first-order chi connectivity index (χ1) is 20.3. The zero-order valence-electron chi connectivity index (χ0n) is 23.2. The van der Waals surface area contributed by atoms with Gasteiger partial charge in [-0.15, -0.1) is 0 Å². The Kier molecular flexibility index (Phi) is 5.69. The number of H-pyrrole nitrogens is 1. The summed E-state index contributed by atoms with van der Waals surface area (Å²) in [5, 5.41) is 30.1. The summed E-state index contributed by atoms with van der Waals surface area (Å²) in [6.45, 7) is 1.32. The van der Waals surface area contributed by atoms with Crippen LogP contribution in [0.2, 0.25) is 0 Å². The van der Waals surface area contributed by atoms with Crippen molar-refractivity contribution in [3.05, 3.63) is 52.7 Å². The van der Waals surface area contributed by atoms with Crippen molar-refractivity contribution in [1.29, 1.82) is 0 Å². The van der Waals surface area contributed by atoms with E-state index in [2.05, 4.69) is 20.5 Å². The second kappa shape index (κ2) is 9.18. The van der Waals surface area contributed by atoms with Gasteiger partial charge in [0, 0.05) is 30.0 Å². The van der Waals surface area contributed by atoms with Crippen molar-refractivity contribution in [3.8, 4) is 11.5 Å². The number of phenols is 1. The van der Waals surface area contributed by atoms with E-state index in [-0.39, 0.29) is 31.7 Å². The van der Waals surface area contributed by atoms with E-state index in [1.54, 1.807) is 6.07 Å². The number of phenolic OH excluding ortho intramolecular Hbond substituents is 1. The number of rotatable bonds is 8. The van der Waals surface area contributed by atoms with Gasteiger partial charge in [-0.05, 0) is 61.4 Å². The number of hydrogen-bond donors (Lipinski definition) is 6. The molecule has 1 spiro atoms. The number of likely N-dealkylation sites (tertiary alicyclic amines) is 1. The normalized spacial score (nSPS) is 28.6. The lowest BCUT2D eigenvalue weighted by Crippen LogP contribution is -2.74. The number of aliphatic hydroxyl groups is 1. The molecule has 1 aromatic heterocycles. The van der Waals surface area contributed by atoms with E-state index in [1.165, 1.54) is 12.8 Å². The van der Waals surface area contributed by atoms with E-state index in [4.69, 9.17) is 15.2 Å². The number of nitrogens with two attached hydrogens (primary N) is 1. The number of anilines is 1. The van der Waals surface area contributed by atoms with Crippen LogP contribution in [0.1, 0.15) is 47.8 Å². The molecule has 1 saturated heterocycles. The van der Waals surface area contributed by atoms with Crippen LogP contribution in [0.4, 0.5) is 5.69 Å². The zero-order valence-corrected chi connectivity index (χ0v) is 23.2. The topological polar surface area (TPSA) is 162 Å². The molecule has 5 aliphatic rings. The van der Waals surface area contributed by atoms with Gasteiger partial charge in [0.05, 0.1) is 34.6 Å². The number of para-hydroxylation sites is 1. The molecular formula is C31H35N5O6. The summed E-state index contributed by atoms with van der Waals surface area (Å²) in [6, 6.07) is 9.36. The fourth-order valence-electron chi connectivity index (χ4n) is 8.34. The average molecular weight is 574 g/mol. The first-order valence-corrected chi connectivity index (χ1v) is 14.8. The first kappa shape index (κ1) is 26.0. The Morgan fingerprint density at radius 1 is 1.19 bits per heavy atom. The third-order valence-electron chi connectivity index (χ3n) is 10.2. The first-order valence-electron chi connectivity index (χ1n) is 14.8. The number of nitrogens with zero attached hydrogens (tertiary/aromatic N) is 1. The molecule has 220 valence electrons. The zero-order chi connectivity index (χ0) is 28.8. The molecule has 8 rings (SSSR count). The van der Waals surface area contributed by atoms with Crippen LogP contribution in [-0.4, -0.2) is 76.5 Å². The third-order valence-corrected chi connectivity index (χ3v) is 10.2. The SMILES string of the molecule is NCNC(=O)COCC(=O)Nc1cccc2c3c([nH]c12)[C@@H]1Oc2c(O)ccc4c2C12CCN(CC1CC1)C(C4)[C@]2(O)C3. The number of hydrogen-bond acceptors (Lipinski definition) is 8. The Labute approximate surface area is 242 Å². The lowest BCUT2D eigenvalue weighted by Gasteiger charge is -2.62. The maximum atomic E-state index is 13.0. The quantitative estimate of drug-likeness (QED) is 0.221. The van der Waals surface area contributed by atoms with Crippen molar-refractivity contribution in [2.24, 2.45) is 11.7 Å². The van der Waals surface area contributed by atoms with Crippen LogP contribution in [0.25, 0.3) is 10.9 Å². The summed E-state index contributed by atoms with van der Waals surface area (Å²) < 4.78 is 11.9. The molecule has 3 heterocycles. The molecule has 11 heteroatoms. The van der Waals surface area contributed by atoms with Gasteiger partial charge in [0.15, 0.2) is 17.6 Å². The van der Waals surface area contributed by atoms with Crippen LogP contribution in [0.5, 0.6) is 11.5 Å². The van der Waals surface area contributed by atoms with Crippen LogP contribution < -0.4 is 21.1 Å². The largest absolute Gasteiger partial charge is 0.504 e. The van der Waals surface area contributed by atoms with Crippen molar-refractivity contribution < 1.29 is 29.3 Å². The van der Waals surface area contributed by atoms with Crippen molar-refractivity contribution in [1.82, 2.24) is 15.2 Å². The van der Waals surface area contributed by atoms with Gasteiger partial charge in [-0.25, -0.2) is 0 Å². The smallest absolute Gasteiger partial charge is 0.250 e. The Morgan fingerprint density at radius 2 is 2.02 bits per heavy atom. The van der Waals surface area contributed by atoms with E-state index < -0.39 is 28.9 Å². The molecule has 2 bridgehead atoms. The predicted octanol–water partition coefficient (Wildman–Crippen LogP) is 1.56. The molecule has 2 unspecified atom stereocenters. The summed E-state index contributed by atoms with van der Waals surface area (Å²) in [5.41, 5.74) is 8.81. The van der Waals surface area contributed by atoms with Crippen LogP contribution in [-0.2, 0) is 32.6 Å². The number of aromatic amines is 1. The van der Waals surface area contributed by atoms with Crippen LogP contribution in [0, 0.1) is 5.92 Å². The Bertz CT molecular complexity index is 1630. The molecular weight excluding hydrogens is 538 g/mol. The highest BCUT2D eigenvalue weighted by Gasteiger charge is 2.72. The summed E-state index contributed by atoms with van der Waals surface area (Å²) in [4.78, 5) is 30.4. The predicted molar refractivity (Wildman–Crippen MR) is 153 cm³/mol. The maximum absolute atomic E-state index is 13.0. The van der Waals surface area contributed by atoms with Crippen molar-refractivity contribution >= 4 is 28.4 Å². The number of benzene rings is 2. The van der Waals surface area contributed by atoms with Crippen molar-refractivity contribution in [2.75, 3.05) is 38.3 Å². The molecule has 3 aromatic rings. The van der Waals surface area contributed by atoms with Gasteiger partial charge in [-0.2, -0.15) is 0 Å². The molecule has 0 radical (unpaired) electrons. The molecule has 1 saturated carbocycles. The summed E-state index contributed by atoms with van der Waals surface area (Å²) >= 11 is 0. The molecule has 11 nitrogen and oxygen atoms in total. The van der Waals surface area contributed by atoms with Gasteiger partial charge in [0.1, 0.15) is 13.2 Å². The van der Waals surface area contributed by atoms with E-state index >= 15 is 0 Å². The number of amides is 2. The van der Waals surface area contributed by atoms with Gasteiger partial charge in [0.25, 0.3) is 0 Å². The average Bonchev–Trinajstić information content (AvgIpc) is 3.59. The minimum absolute atomic E-state index is 0.000303. The number of aromatic hydroxyl groups is 1. The van der Waals surface area contributed by atoms with E-state index in [0.717, 1.165) is 52.8 Å². The van der Waals surface area contributed by atoms with Crippen LogP contribution >= 0.6 is 0 Å². The maximum Gasteiger partial charge on any atom is 0.250 e. The van der Waals surface area contributed by atoms with E-state index in [9.17, 15) is 19.8 Å². The summed E-state index contributed by atoms with van der Waals surface area (Å²) in [5.74, 6) is 0.501. The Morgan fingerprint density at radius 3 is 2.83 bits per heavy atom. The highest BCUT2D eigenvalue weighted by molar-refractivity contribution is 6.02. The van der Waals surface area contributed by atoms with Gasteiger partial charge < -0.3 is 41.0 Å². The van der Waals surface area contributed by atoms with Gasteiger partial charge in [-0.1, -0.05) is 18.2 Å². The van der Waals surface area contributed by atoms with Crippen molar-refractivity contribution in [2.45, 2.75) is 55.3 Å². The second-order valence-corrected chi connectivity index (χ2v) is 12.5. The fraction of sp³-hybridized carbons (Fsp3) is 0.484. The van der Waals surface area contributed by atoms with E-state index in [1.807, 2.05) is 24.3 Å². The lowest BCUT2D eigenvalue weighted by atomic mass is 9.49. The van der Waals surface area contributed by atoms with Gasteiger partial charge in [0.2, 0.25) is 11.8 Å². The molecule has 7 N–H and O–H groups in total. The van der Waals surface area contributed by atoms with E-state index in [0.29, 0.717) is 30.2 Å². The Hall–Kier alpha value is -3.64. The number of carbonyl (C=O) groups excluding carboxylic acids is 2. The number of piperidine rings is 1. The van der Waals surface area contributed by atoms with Gasteiger partial charge >= 0.3 is 0 Å². The monoisotopic (exact) mass is 573 g/mol. The highest BCUT2D eigenvalue weighted by Crippen LogP contribution is 2.69. The number of aromatic nitrogens is 1. The summed E-state index contributed by atoms with van der Waals surface area (Å²) in [7, 11) is 0. The molecule has 2 amide bonds. The van der Waals surface area contributed by atoms with Gasteiger partial charge in [-0.3, -0.25) is 14.5 Å². The highest BCUT2D eigenvalue weighted by atomic mass is 16.5. The fourth-order valence-corrected chi connectivity index (χ4v) is 8.34. The summed E-state index contributed by atoms with van der Waals surface area (Å²) in [6.07, 6.45) is 3.89. The minimum atomic E-state index is -1.09. The molecule has 42 heavy (non-hydrogen) atoms. The molecule has 2 fully saturated rings. The van der Waals surface area contributed by atoms with Crippen LogP contribution in [0.3, 0.4) is 0 Å². The third kappa shape index (κ3) is 3.54. The molecule has 2 aromatic carbocycles. The van der Waals surface area contributed by atoms with Crippen LogP contribution in [0.15, 0.2) is 30.3 Å². The molecule has 4 atom stereocenters. The molecule has 2 aliphatic heterocycles. The number of nitrogens with one attached hydrogen (secondary N) is 3. The second-order valence-electron chi connectivity index (χ2n) is 12.5. The minimum Gasteiger partial charge on any atom is -0.504 e. The van der Waals surface area contributed by atoms with Crippen molar-refractivity contribution in [3.63, 3.8) is 0 Å². The number of carbonyl (C=O) groups is 2. The molecule has 3 aliphatic carbocycles. The lowest BCUT2D eigenvalue weighted by molar-refractivity contribution is -0.173. The standard InChI is InChI=1S/C31H35N5O6/c32-15-33-23(38)13-41-14-24(39)34-20-3-1-2-18-19-11-31(40)22-10-17-6-7-21(37)28-25(17)30(31,8-9-36(22)12-16-4-5-16)29(42-28)27(19)35-26(18)20/h1-3,6-7,16,22,29,35,37,40H,4-5,8-15,32H2,(H,33,38)(H,34,39)/t22?,29-,30?,31+/m0/s1. The Balaban J connectivity index is 1.19. The number of ether oxygens (including phenoxy) is 2. The number of fused-ring (bicyclic) bond motifs is 4.